The van der Waals surface area contributed by atoms with Gasteiger partial charge in [-0.05, 0) is 31.2 Å². The largest absolute Gasteiger partial charge is 0.508 e. The highest BCUT2D eigenvalue weighted by Crippen LogP contribution is 2.13. The molecule has 1 rings (SSSR count). The highest BCUT2D eigenvalue weighted by Gasteiger charge is 1.90. The van der Waals surface area contributed by atoms with Crippen LogP contribution in [0.1, 0.15) is 6.92 Å². The third kappa shape index (κ3) is 5.65. The predicted octanol–water partition coefficient (Wildman–Crippen LogP) is 1.74. The van der Waals surface area contributed by atoms with E-state index in [1.807, 2.05) is 0 Å². The Morgan fingerprint density at radius 3 is 1.50 bits per heavy atom. The lowest BCUT2D eigenvalue weighted by Crippen LogP contribution is -1.92. The van der Waals surface area contributed by atoms with E-state index in [1.54, 1.807) is 0 Å². The van der Waals surface area contributed by atoms with Gasteiger partial charge in [-0.3, -0.25) is 0 Å². The van der Waals surface area contributed by atoms with E-state index in [0.717, 1.165) is 0 Å². The Balaban J connectivity index is 0.000000255. The Bertz CT molecular complexity index is 280. The van der Waals surface area contributed by atoms with Gasteiger partial charge in [0.2, 0.25) is 0 Å². The van der Waals surface area contributed by atoms with E-state index >= 15 is 0 Å². The number of benzene rings is 1. The molecular weight excluding hydrogens is 184 g/mol. The van der Waals surface area contributed by atoms with Crippen LogP contribution < -0.4 is 0 Å². The first-order valence-electron chi connectivity index (χ1n) is 3.80. The van der Waals surface area contributed by atoms with Gasteiger partial charge in [0.25, 0.3) is 0 Å². The molecule has 0 aliphatic rings. The number of carboxylic acids is 1. The second-order valence-electron chi connectivity index (χ2n) is 2.60. The quantitative estimate of drug-likeness (QED) is 0.472. The van der Waals surface area contributed by atoms with Crippen LogP contribution in [0.25, 0.3) is 0 Å². The van der Waals surface area contributed by atoms with Crippen LogP contribution in [0.2, 0.25) is 0 Å². The molecule has 0 aliphatic carbocycles. The van der Waals surface area contributed by atoms with E-state index in [4.69, 9.17) is 15.3 Å². The topological polar surface area (TPSA) is 77.8 Å². The fraction of sp³-hybridized carbons (Fsp3) is 0.100. The van der Waals surface area contributed by atoms with Crippen LogP contribution in [0.3, 0.4) is 0 Å². The number of phenolic OH excluding ortho intramolecular Hbond substituents is 2. The first kappa shape index (κ1) is 12.0. The van der Waals surface area contributed by atoms with Crippen molar-refractivity contribution in [3.05, 3.63) is 36.4 Å². The summed E-state index contributed by atoms with van der Waals surface area (Å²) in [7, 11) is 0. The Hall–Kier alpha value is -1.97. The van der Waals surface area contributed by atoms with Crippen LogP contribution in [-0.4, -0.2) is 21.3 Å². The number of carboxylic acid groups (broad SMARTS) is 1. The zero-order valence-corrected chi connectivity index (χ0v) is 7.77. The van der Waals surface area contributed by atoms with Crippen LogP contribution in [0.5, 0.6) is 11.5 Å². The van der Waals surface area contributed by atoms with Crippen LogP contribution in [-0.2, 0) is 4.79 Å². The van der Waals surface area contributed by atoms with Crippen molar-refractivity contribution >= 4 is 5.97 Å². The predicted molar refractivity (Wildman–Crippen MR) is 52.2 cm³/mol. The minimum atomic E-state index is -0.935. The fourth-order valence-corrected chi connectivity index (χ4v) is 0.453. The van der Waals surface area contributed by atoms with Gasteiger partial charge in [-0.15, -0.1) is 0 Å². The highest BCUT2D eigenvalue weighted by atomic mass is 16.4. The lowest BCUT2D eigenvalue weighted by molar-refractivity contribution is -0.132. The molecule has 4 heteroatoms. The van der Waals surface area contributed by atoms with Crippen molar-refractivity contribution in [1.29, 1.82) is 0 Å². The molecule has 0 bridgehead atoms. The number of aliphatic carboxylic acids is 1. The summed E-state index contributed by atoms with van der Waals surface area (Å²) in [5.74, 6) is -0.597. The van der Waals surface area contributed by atoms with Crippen molar-refractivity contribution in [1.82, 2.24) is 0 Å². The lowest BCUT2D eigenvalue weighted by atomic mass is 10.3. The summed E-state index contributed by atoms with van der Waals surface area (Å²) in [5.41, 5.74) is 0.176. The summed E-state index contributed by atoms with van der Waals surface area (Å²) in [6.07, 6.45) is 0. The summed E-state index contributed by atoms with van der Waals surface area (Å²) < 4.78 is 0. The van der Waals surface area contributed by atoms with Crippen LogP contribution in [0, 0.1) is 0 Å². The normalized spacial score (nSPS) is 8.36. The summed E-state index contributed by atoms with van der Waals surface area (Å²) >= 11 is 0. The van der Waals surface area contributed by atoms with Crippen molar-refractivity contribution in [2.45, 2.75) is 6.92 Å². The van der Waals surface area contributed by atoms with Gasteiger partial charge in [0, 0.05) is 5.57 Å². The van der Waals surface area contributed by atoms with Crippen molar-refractivity contribution in [2.75, 3.05) is 0 Å². The average Bonchev–Trinajstić information content (AvgIpc) is 2.11. The molecule has 0 heterocycles. The van der Waals surface area contributed by atoms with Crippen molar-refractivity contribution in [3.63, 3.8) is 0 Å². The Morgan fingerprint density at radius 1 is 1.14 bits per heavy atom. The molecular formula is C10H12O4. The molecule has 3 N–H and O–H groups in total. The van der Waals surface area contributed by atoms with E-state index in [2.05, 4.69) is 6.58 Å². The van der Waals surface area contributed by atoms with E-state index in [-0.39, 0.29) is 17.1 Å². The molecule has 0 aromatic heterocycles. The smallest absolute Gasteiger partial charge is 0.330 e. The zero-order chi connectivity index (χ0) is 11.1. The van der Waals surface area contributed by atoms with E-state index < -0.39 is 5.97 Å². The van der Waals surface area contributed by atoms with Gasteiger partial charge >= 0.3 is 5.97 Å². The first-order chi connectivity index (χ1) is 6.43. The molecule has 0 radical (unpaired) electrons. The maximum absolute atomic E-state index is 9.60. The summed E-state index contributed by atoms with van der Waals surface area (Å²) in [6.45, 7) is 4.60. The average molecular weight is 196 g/mol. The molecule has 0 aliphatic heterocycles. The van der Waals surface area contributed by atoms with Crippen LogP contribution in [0.4, 0.5) is 0 Å². The number of rotatable bonds is 1. The number of aromatic hydroxyl groups is 2. The lowest BCUT2D eigenvalue weighted by Gasteiger charge is -1.88. The summed E-state index contributed by atoms with van der Waals surface area (Å²) in [5, 5.41) is 25.2. The molecule has 0 spiro atoms. The molecule has 0 unspecified atom stereocenters. The van der Waals surface area contributed by atoms with Gasteiger partial charge in [0.05, 0.1) is 0 Å². The minimum Gasteiger partial charge on any atom is -0.508 e. The molecule has 0 saturated heterocycles. The molecule has 1 aromatic rings. The van der Waals surface area contributed by atoms with Gasteiger partial charge < -0.3 is 15.3 Å². The first-order valence-corrected chi connectivity index (χ1v) is 3.80. The Labute approximate surface area is 81.8 Å². The minimum absolute atomic E-state index is 0.169. The highest BCUT2D eigenvalue weighted by molar-refractivity contribution is 5.84. The molecule has 14 heavy (non-hydrogen) atoms. The molecule has 0 amide bonds. The van der Waals surface area contributed by atoms with Crippen LogP contribution in [0.15, 0.2) is 36.4 Å². The summed E-state index contributed by atoms with van der Waals surface area (Å²) in [4.78, 5) is 9.60. The fourth-order valence-electron chi connectivity index (χ4n) is 0.453. The zero-order valence-electron chi connectivity index (χ0n) is 7.77. The molecule has 0 fully saturated rings. The molecule has 0 atom stereocenters. The SMILES string of the molecule is C=C(C)C(=O)O.Oc1ccc(O)cc1. The molecule has 76 valence electrons. The van der Waals surface area contributed by atoms with Gasteiger partial charge in [-0.1, -0.05) is 6.58 Å². The van der Waals surface area contributed by atoms with Crippen molar-refractivity contribution in [2.24, 2.45) is 0 Å². The van der Waals surface area contributed by atoms with Crippen molar-refractivity contribution < 1.29 is 20.1 Å². The monoisotopic (exact) mass is 196 g/mol. The second-order valence-corrected chi connectivity index (χ2v) is 2.60. The maximum atomic E-state index is 9.60. The number of phenols is 2. The second kappa shape index (κ2) is 5.64. The Morgan fingerprint density at radius 2 is 1.36 bits per heavy atom. The van der Waals surface area contributed by atoms with Gasteiger partial charge in [0.1, 0.15) is 11.5 Å². The third-order valence-corrected chi connectivity index (χ3v) is 1.21. The number of hydrogen-bond acceptors (Lipinski definition) is 3. The molecule has 1 aromatic carbocycles. The van der Waals surface area contributed by atoms with Gasteiger partial charge in [0.15, 0.2) is 0 Å². The maximum Gasteiger partial charge on any atom is 0.330 e. The van der Waals surface area contributed by atoms with E-state index in [9.17, 15) is 4.79 Å². The standard InChI is InChI=1S/C6H6O2.C4H6O2/c7-5-1-2-6(8)4-3-5;1-3(2)4(5)6/h1-4,7-8H;1H2,2H3,(H,5,6). The number of carbonyl (C=O) groups is 1. The van der Waals surface area contributed by atoms with E-state index in [1.165, 1.54) is 31.2 Å². The van der Waals surface area contributed by atoms with E-state index in [0.29, 0.717) is 0 Å². The van der Waals surface area contributed by atoms with Crippen LogP contribution >= 0.6 is 0 Å². The third-order valence-electron chi connectivity index (χ3n) is 1.21. The molecule has 4 nitrogen and oxygen atoms in total. The van der Waals surface area contributed by atoms with Gasteiger partial charge in [-0.2, -0.15) is 0 Å². The van der Waals surface area contributed by atoms with Gasteiger partial charge in [-0.25, -0.2) is 4.79 Å². The Kier molecular flexibility index (Phi) is 4.84. The summed E-state index contributed by atoms with van der Waals surface area (Å²) in [6, 6.07) is 5.70. The molecule has 0 saturated carbocycles. The number of hydrogen-bond donors (Lipinski definition) is 3. The van der Waals surface area contributed by atoms with Crippen molar-refractivity contribution in [3.8, 4) is 11.5 Å².